The van der Waals surface area contributed by atoms with Gasteiger partial charge in [0.15, 0.2) is 5.75 Å². The van der Waals surface area contributed by atoms with E-state index >= 15 is 0 Å². The number of carbonyl (C=O) groups is 2. The van der Waals surface area contributed by atoms with Crippen molar-refractivity contribution in [2.24, 2.45) is 5.92 Å². The molecular weight excluding hydrogens is 608 g/mol. The summed E-state index contributed by atoms with van der Waals surface area (Å²) in [4.78, 5) is 37.7. The molecule has 47 heavy (non-hydrogen) atoms. The van der Waals surface area contributed by atoms with Crippen LogP contribution in [0.2, 0.25) is 0 Å². The van der Waals surface area contributed by atoms with Crippen LogP contribution in [0.15, 0.2) is 54.9 Å². The molecule has 5 rings (SSSR count). The number of nitrogens with one attached hydrogen (secondary N) is 1. The van der Waals surface area contributed by atoms with Crippen molar-refractivity contribution in [2.75, 3.05) is 37.7 Å². The predicted molar refractivity (Wildman–Crippen MR) is 172 cm³/mol. The number of benzene rings is 2. The van der Waals surface area contributed by atoms with E-state index in [4.69, 9.17) is 14.2 Å². The summed E-state index contributed by atoms with van der Waals surface area (Å²) < 4.78 is 45.8. The lowest BCUT2D eigenvalue weighted by atomic mass is 9.92. The number of likely N-dealkylation sites (tertiary alicyclic amines) is 1. The van der Waals surface area contributed by atoms with Crippen molar-refractivity contribution in [2.45, 2.75) is 71.1 Å². The largest absolute Gasteiger partial charge is 0.490 e. The first kappa shape index (κ1) is 33.9. The van der Waals surface area contributed by atoms with Crippen LogP contribution in [-0.2, 0) is 16.1 Å². The van der Waals surface area contributed by atoms with Crippen molar-refractivity contribution in [3.05, 3.63) is 83.2 Å². The number of carbonyl (C=O) groups excluding carboxylic acids is 2. The quantitative estimate of drug-likeness (QED) is 0.284. The van der Waals surface area contributed by atoms with Crippen LogP contribution in [0, 0.1) is 24.5 Å². The summed E-state index contributed by atoms with van der Waals surface area (Å²) in [5.74, 6) is -0.425. The molecule has 0 radical (unpaired) electrons. The number of ether oxygens (including phenoxy) is 3. The minimum absolute atomic E-state index is 0.267. The van der Waals surface area contributed by atoms with Crippen LogP contribution >= 0.6 is 0 Å². The summed E-state index contributed by atoms with van der Waals surface area (Å²) in [5.41, 5.74) is 0.884. The molecule has 0 saturated carbocycles. The van der Waals surface area contributed by atoms with Gasteiger partial charge in [0, 0.05) is 38.2 Å². The van der Waals surface area contributed by atoms with Crippen molar-refractivity contribution < 1.29 is 32.6 Å². The van der Waals surface area contributed by atoms with Crippen LogP contribution < -0.4 is 15.0 Å². The van der Waals surface area contributed by atoms with Gasteiger partial charge >= 0.3 is 12.2 Å². The minimum Gasteiger partial charge on any atom is -0.490 e. The molecule has 2 saturated heterocycles. The molecule has 1 N–H and O–H groups in total. The van der Waals surface area contributed by atoms with E-state index in [0.717, 1.165) is 30.9 Å². The maximum atomic E-state index is 15.0. The van der Waals surface area contributed by atoms with E-state index in [-0.39, 0.29) is 12.7 Å². The molecule has 2 amide bonds. The number of aryl methyl sites for hydroxylation is 1. The van der Waals surface area contributed by atoms with Crippen LogP contribution in [0.4, 0.5) is 24.3 Å². The second kappa shape index (κ2) is 15.0. The maximum Gasteiger partial charge on any atom is 0.410 e. The van der Waals surface area contributed by atoms with Gasteiger partial charge in [-0.15, -0.1) is 0 Å². The number of rotatable bonds is 9. The first-order valence-electron chi connectivity index (χ1n) is 16.1. The number of aromatic nitrogens is 2. The highest BCUT2D eigenvalue weighted by molar-refractivity contribution is 5.69. The zero-order chi connectivity index (χ0) is 33.6. The summed E-state index contributed by atoms with van der Waals surface area (Å²) >= 11 is 0. The van der Waals surface area contributed by atoms with Gasteiger partial charge < -0.3 is 29.3 Å². The molecule has 2 aliphatic rings. The van der Waals surface area contributed by atoms with E-state index < -0.39 is 35.3 Å². The van der Waals surface area contributed by atoms with Crippen LogP contribution in [0.25, 0.3) is 0 Å². The number of alkyl carbamates (subject to hydrolysis) is 1. The lowest BCUT2D eigenvalue weighted by molar-refractivity contribution is 0.0504. The Bertz CT molecular complexity index is 1510. The van der Waals surface area contributed by atoms with E-state index in [1.165, 1.54) is 6.07 Å². The summed E-state index contributed by atoms with van der Waals surface area (Å²) in [6.45, 7) is 9.54. The van der Waals surface area contributed by atoms with Gasteiger partial charge in [-0.25, -0.2) is 28.3 Å². The van der Waals surface area contributed by atoms with Crippen molar-refractivity contribution in [1.29, 1.82) is 0 Å². The molecule has 2 aromatic carbocycles. The van der Waals surface area contributed by atoms with Gasteiger partial charge in [-0.05, 0) is 75.6 Å². The number of hydrogen-bond acceptors (Lipinski definition) is 8. The van der Waals surface area contributed by atoms with E-state index in [2.05, 4.69) is 15.3 Å². The van der Waals surface area contributed by atoms with Crippen LogP contribution in [0.1, 0.15) is 62.6 Å². The summed E-state index contributed by atoms with van der Waals surface area (Å²) in [6.07, 6.45) is 4.88. The topological polar surface area (TPSA) is 106 Å². The standard InChI is InChI=1S/C35H43F2N5O5/c1-23-16-27(30(37)17-29(23)36)28-20-42(21-31(28)40-33(43)47-35(2,3)4)32-38-18-26(19-39-32)45-15-12-24-10-13-41(14-11-24)34(44)46-22-25-8-6-5-7-9-25/h5-9,16-19,24,28,31H,10-15,20-22H2,1-4H3,(H,40,43)/t28-,31+/m1/s1. The van der Waals surface area contributed by atoms with Crippen molar-refractivity contribution in [3.63, 3.8) is 0 Å². The highest BCUT2D eigenvalue weighted by Gasteiger charge is 2.38. The van der Waals surface area contributed by atoms with Gasteiger partial charge in [0.25, 0.3) is 0 Å². The lowest BCUT2D eigenvalue weighted by Crippen LogP contribution is -2.43. The molecular formula is C35H43F2N5O5. The number of piperidine rings is 1. The number of amides is 2. The average molecular weight is 652 g/mol. The second-order valence-electron chi connectivity index (χ2n) is 13.2. The van der Waals surface area contributed by atoms with E-state index in [9.17, 15) is 18.4 Å². The normalized spacial score (nSPS) is 18.6. The second-order valence-corrected chi connectivity index (χ2v) is 13.2. The number of halogens is 2. The summed E-state index contributed by atoms with van der Waals surface area (Å²) in [6, 6.07) is 11.5. The fourth-order valence-electron chi connectivity index (χ4n) is 5.96. The van der Waals surface area contributed by atoms with Crippen molar-refractivity contribution in [1.82, 2.24) is 20.2 Å². The Kier molecular flexibility index (Phi) is 10.8. The molecule has 12 heteroatoms. The molecule has 2 atom stereocenters. The van der Waals surface area contributed by atoms with E-state index in [0.29, 0.717) is 61.5 Å². The maximum absolute atomic E-state index is 15.0. The zero-order valence-electron chi connectivity index (χ0n) is 27.4. The summed E-state index contributed by atoms with van der Waals surface area (Å²) in [7, 11) is 0. The Morgan fingerprint density at radius 3 is 2.38 bits per heavy atom. The van der Waals surface area contributed by atoms with Crippen molar-refractivity contribution >= 4 is 18.1 Å². The predicted octanol–water partition coefficient (Wildman–Crippen LogP) is 6.38. The first-order chi connectivity index (χ1) is 22.4. The van der Waals surface area contributed by atoms with Gasteiger partial charge in [0.05, 0.1) is 25.0 Å². The van der Waals surface area contributed by atoms with Crippen LogP contribution in [0.3, 0.4) is 0 Å². The van der Waals surface area contributed by atoms with Gasteiger partial charge in [0.1, 0.15) is 23.8 Å². The molecule has 3 aromatic rings. The third-order valence-electron chi connectivity index (χ3n) is 8.47. The first-order valence-corrected chi connectivity index (χ1v) is 16.1. The molecule has 0 unspecified atom stereocenters. The Morgan fingerprint density at radius 1 is 1.00 bits per heavy atom. The molecule has 3 heterocycles. The Hall–Kier alpha value is -4.48. The van der Waals surface area contributed by atoms with Crippen LogP contribution in [-0.4, -0.2) is 71.5 Å². The van der Waals surface area contributed by atoms with Gasteiger partial charge in [0.2, 0.25) is 5.95 Å². The molecule has 1 aromatic heterocycles. The molecule has 0 aliphatic carbocycles. The fraction of sp³-hybridized carbons (Fsp3) is 0.486. The molecule has 0 spiro atoms. The van der Waals surface area contributed by atoms with E-state index in [1.807, 2.05) is 35.2 Å². The number of nitrogens with zero attached hydrogens (tertiary/aromatic N) is 4. The third-order valence-corrected chi connectivity index (χ3v) is 8.47. The lowest BCUT2D eigenvalue weighted by Gasteiger charge is -2.31. The van der Waals surface area contributed by atoms with Crippen LogP contribution in [0.5, 0.6) is 5.75 Å². The van der Waals surface area contributed by atoms with Gasteiger partial charge in [-0.2, -0.15) is 0 Å². The van der Waals surface area contributed by atoms with Gasteiger partial charge in [-0.3, -0.25) is 0 Å². The number of hydrogen-bond donors (Lipinski definition) is 1. The van der Waals surface area contributed by atoms with E-state index in [1.54, 1.807) is 45.0 Å². The molecule has 0 bridgehead atoms. The average Bonchev–Trinajstić information content (AvgIpc) is 3.45. The van der Waals surface area contributed by atoms with Gasteiger partial charge in [-0.1, -0.05) is 30.3 Å². The Balaban J connectivity index is 1.11. The molecule has 2 aliphatic heterocycles. The molecule has 252 valence electrons. The van der Waals surface area contributed by atoms with Crippen molar-refractivity contribution in [3.8, 4) is 5.75 Å². The smallest absolute Gasteiger partial charge is 0.410 e. The SMILES string of the molecule is Cc1cc([C@H]2CN(c3ncc(OCCC4CCN(C(=O)OCc5ccccc5)CC4)cn3)C[C@@H]2NC(=O)OC(C)(C)C)c(F)cc1F. The zero-order valence-corrected chi connectivity index (χ0v) is 27.4. The summed E-state index contributed by atoms with van der Waals surface area (Å²) in [5, 5.41) is 2.87. The molecule has 2 fully saturated rings. The minimum atomic E-state index is -0.706. The monoisotopic (exact) mass is 651 g/mol. The highest BCUT2D eigenvalue weighted by Crippen LogP contribution is 2.33. The Labute approximate surface area is 274 Å². The fourth-order valence-corrected chi connectivity index (χ4v) is 5.96. The third kappa shape index (κ3) is 9.30. The highest BCUT2D eigenvalue weighted by atomic mass is 19.1. The molecule has 10 nitrogen and oxygen atoms in total. The Morgan fingerprint density at radius 2 is 1.70 bits per heavy atom. The number of anilines is 1.